The van der Waals surface area contributed by atoms with Crippen LogP contribution in [-0.4, -0.2) is 29.1 Å². The van der Waals surface area contributed by atoms with Gasteiger partial charge in [0.25, 0.3) is 0 Å². The summed E-state index contributed by atoms with van der Waals surface area (Å²) in [5.41, 5.74) is 1.09. The van der Waals surface area contributed by atoms with Gasteiger partial charge in [0.05, 0.1) is 12.7 Å². The maximum atomic E-state index is 11.6. The van der Waals surface area contributed by atoms with E-state index in [2.05, 4.69) is 9.72 Å². The summed E-state index contributed by atoms with van der Waals surface area (Å²) in [6.45, 7) is 0. The van der Waals surface area contributed by atoms with Crippen LogP contribution in [0.2, 0.25) is 0 Å². The number of aromatic carboxylic acids is 1. The van der Waals surface area contributed by atoms with Gasteiger partial charge in [-0.1, -0.05) is 12.8 Å². The number of carboxylic acid groups (broad SMARTS) is 1. The fourth-order valence-corrected chi connectivity index (χ4v) is 2.52. The van der Waals surface area contributed by atoms with Crippen molar-refractivity contribution in [3.05, 3.63) is 23.0 Å². The molecule has 5 nitrogen and oxygen atoms in total. The number of aromatic nitrogens is 1. The van der Waals surface area contributed by atoms with Gasteiger partial charge < -0.3 is 14.8 Å². The average molecular weight is 237 g/mol. The monoisotopic (exact) mass is 237 g/mol. The number of rotatable bonds is 3. The molecular formula is C12H15NO4. The third-order valence-corrected chi connectivity index (χ3v) is 3.30. The molecule has 0 unspecified atom stereocenters. The Labute approximate surface area is 98.8 Å². The molecule has 0 spiro atoms. The Kier molecular flexibility index (Phi) is 3.17. The highest BCUT2D eigenvalue weighted by Gasteiger charge is 2.29. The first-order chi connectivity index (χ1) is 8.15. The Balaban J connectivity index is 2.46. The number of hydrogen-bond acceptors (Lipinski definition) is 3. The predicted octanol–water partition coefficient (Wildman–Crippen LogP) is 2.16. The second-order valence-corrected chi connectivity index (χ2v) is 4.27. The Morgan fingerprint density at radius 1 is 1.41 bits per heavy atom. The van der Waals surface area contributed by atoms with Crippen LogP contribution in [0.3, 0.4) is 0 Å². The highest BCUT2D eigenvalue weighted by Crippen LogP contribution is 2.37. The molecule has 1 fully saturated rings. The van der Waals surface area contributed by atoms with Gasteiger partial charge in [-0.15, -0.1) is 0 Å². The number of methoxy groups -OCH3 is 1. The standard InChI is InChI=1S/C12H15NO4/c1-17-12(16)10-9(7-4-2-3-5-7)8(6-13-10)11(14)15/h6-7,13H,2-5H2,1H3,(H,14,15). The maximum absolute atomic E-state index is 11.6. The summed E-state index contributed by atoms with van der Waals surface area (Å²) in [7, 11) is 1.29. The van der Waals surface area contributed by atoms with E-state index in [4.69, 9.17) is 5.11 Å². The minimum absolute atomic E-state index is 0.154. The fourth-order valence-electron chi connectivity index (χ4n) is 2.52. The molecule has 92 valence electrons. The molecule has 1 aromatic heterocycles. The minimum Gasteiger partial charge on any atom is -0.478 e. The molecule has 0 saturated heterocycles. The van der Waals surface area contributed by atoms with Crippen molar-refractivity contribution < 1.29 is 19.4 Å². The number of esters is 1. The molecule has 1 heterocycles. The van der Waals surface area contributed by atoms with E-state index in [-0.39, 0.29) is 17.2 Å². The molecule has 1 aromatic rings. The van der Waals surface area contributed by atoms with E-state index < -0.39 is 11.9 Å². The second-order valence-electron chi connectivity index (χ2n) is 4.27. The van der Waals surface area contributed by atoms with Crippen molar-refractivity contribution in [2.24, 2.45) is 0 Å². The molecule has 17 heavy (non-hydrogen) atoms. The van der Waals surface area contributed by atoms with Gasteiger partial charge in [0.2, 0.25) is 0 Å². The molecule has 2 N–H and O–H groups in total. The number of aromatic amines is 1. The first kappa shape index (κ1) is 11.7. The number of nitrogens with one attached hydrogen (secondary N) is 1. The first-order valence-electron chi connectivity index (χ1n) is 5.68. The molecule has 0 aromatic carbocycles. The van der Waals surface area contributed by atoms with E-state index in [1.165, 1.54) is 13.3 Å². The van der Waals surface area contributed by atoms with Crippen LogP contribution >= 0.6 is 0 Å². The predicted molar refractivity (Wildman–Crippen MR) is 60.3 cm³/mol. The van der Waals surface area contributed by atoms with Crippen molar-refractivity contribution in [3.63, 3.8) is 0 Å². The number of carboxylic acids is 1. The average Bonchev–Trinajstić information content (AvgIpc) is 2.95. The molecule has 0 radical (unpaired) electrons. The Morgan fingerprint density at radius 2 is 2.06 bits per heavy atom. The van der Waals surface area contributed by atoms with Crippen molar-refractivity contribution in [2.45, 2.75) is 31.6 Å². The van der Waals surface area contributed by atoms with Crippen LogP contribution in [0.5, 0.6) is 0 Å². The van der Waals surface area contributed by atoms with Gasteiger partial charge in [-0.25, -0.2) is 9.59 Å². The molecule has 0 atom stereocenters. The van der Waals surface area contributed by atoms with Crippen molar-refractivity contribution >= 4 is 11.9 Å². The summed E-state index contributed by atoms with van der Waals surface area (Å²) in [6, 6.07) is 0. The van der Waals surface area contributed by atoms with E-state index in [9.17, 15) is 9.59 Å². The lowest BCUT2D eigenvalue weighted by Gasteiger charge is -2.11. The summed E-state index contributed by atoms with van der Waals surface area (Å²) in [5, 5.41) is 9.12. The van der Waals surface area contributed by atoms with Crippen LogP contribution in [0, 0.1) is 0 Å². The summed E-state index contributed by atoms with van der Waals surface area (Å²) >= 11 is 0. The van der Waals surface area contributed by atoms with E-state index >= 15 is 0 Å². The summed E-state index contributed by atoms with van der Waals surface area (Å²) < 4.78 is 4.67. The van der Waals surface area contributed by atoms with Crippen LogP contribution < -0.4 is 0 Å². The lowest BCUT2D eigenvalue weighted by atomic mass is 9.94. The van der Waals surface area contributed by atoms with Crippen LogP contribution in [0.25, 0.3) is 0 Å². The minimum atomic E-state index is -1.00. The number of ether oxygens (including phenoxy) is 1. The lowest BCUT2D eigenvalue weighted by molar-refractivity contribution is 0.0593. The molecule has 0 amide bonds. The zero-order valence-electron chi connectivity index (χ0n) is 9.66. The number of hydrogen-bond donors (Lipinski definition) is 2. The van der Waals surface area contributed by atoms with Crippen molar-refractivity contribution in [2.75, 3.05) is 7.11 Å². The van der Waals surface area contributed by atoms with E-state index in [0.717, 1.165) is 25.7 Å². The van der Waals surface area contributed by atoms with Crippen molar-refractivity contribution in [1.82, 2.24) is 4.98 Å². The molecule has 0 aliphatic heterocycles. The van der Waals surface area contributed by atoms with Crippen LogP contribution in [0.1, 0.15) is 58.0 Å². The summed E-state index contributed by atoms with van der Waals surface area (Å²) in [6.07, 6.45) is 5.40. The molecule has 0 bridgehead atoms. The summed E-state index contributed by atoms with van der Waals surface area (Å²) in [4.78, 5) is 25.4. The van der Waals surface area contributed by atoms with Gasteiger partial charge in [-0.05, 0) is 18.8 Å². The smallest absolute Gasteiger partial charge is 0.354 e. The third kappa shape index (κ3) is 2.05. The molecule has 1 saturated carbocycles. The van der Waals surface area contributed by atoms with Crippen LogP contribution in [-0.2, 0) is 4.74 Å². The largest absolute Gasteiger partial charge is 0.478 e. The van der Waals surface area contributed by atoms with E-state index in [1.54, 1.807) is 0 Å². The molecule has 1 aliphatic carbocycles. The molecule has 2 rings (SSSR count). The molecule has 5 heteroatoms. The summed E-state index contributed by atoms with van der Waals surface area (Å²) in [5.74, 6) is -1.35. The molecular weight excluding hydrogens is 222 g/mol. The number of carbonyl (C=O) groups excluding carboxylic acids is 1. The van der Waals surface area contributed by atoms with Gasteiger partial charge in [-0.2, -0.15) is 0 Å². The van der Waals surface area contributed by atoms with Crippen LogP contribution in [0.15, 0.2) is 6.20 Å². The van der Waals surface area contributed by atoms with Gasteiger partial charge in [0, 0.05) is 11.8 Å². The lowest BCUT2D eigenvalue weighted by Crippen LogP contribution is -2.10. The quantitative estimate of drug-likeness (QED) is 0.789. The Bertz CT molecular complexity index is 443. The zero-order chi connectivity index (χ0) is 12.4. The van der Waals surface area contributed by atoms with Gasteiger partial charge in [0.15, 0.2) is 0 Å². The van der Waals surface area contributed by atoms with Crippen molar-refractivity contribution in [3.8, 4) is 0 Å². The van der Waals surface area contributed by atoms with E-state index in [0.29, 0.717) is 5.56 Å². The van der Waals surface area contributed by atoms with Gasteiger partial charge in [0.1, 0.15) is 5.69 Å². The normalized spacial score (nSPS) is 16.1. The van der Waals surface area contributed by atoms with Gasteiger partial charge >= 0.3 is 11.9 Å². The van der Waals surface area contributed by atoms with Crippen molar-refractivity contribution in [1.29, 1.82) is 0 Å². The van der Waals surface area contributed by atoms with E-state index in [1.807, 2.05) is 0 Å². The second kappa shape index (κ2) is 4.61. The highest BCUT2D eigenvalue weighted by molar-refractivity contribution is 5.97. The first-order valence-corrected chi connectivity index (χ1v) is 5.68. The Hall–Kier alpha value is -1.78. The van der Waals surface area contributed by atoms with Crippen LogP contribution in [0.4, 0.5) is 0 Å². The SMILES string of the molecule is COC(=O)c1[nH]cc(C(=O)O)c1C1CCCC1. The fraction of sp³-hybridized carbons (Fsp3) is 0.500. The third-order valence-electron chi connectivity index (χ3n) is 3.30. The highest BCUT2D eigenvalue weighted by atomic mass is 16.5. The topological polar surface area (TPSA) is 79.4 Å². The number of H-pyrrole nitrogens is 1. The Morgan fingerprint density at radius 3 is 2.59 bits per heavy atom. The maximum Gasteiger partial charge on any atom is 0.354 e. The number of carbonyl (C=O) groups is 2. The van der Waals surface area contributed by atoms with Gasteiger partial charge in [-0.3, -0.25) is 0 Å². The molecule has 1 aliphatic rings. The zero-order valence-corrected chi connectivity index (χ0v) is 9.66.